The highest BCUT2D eigenvalue weighted by Crippen LogP contribution is 1.94. The molecule has 0 aliphatic heterocycles. The van der Waals surface area contributed by atoms with Gasteiger partial charge in [0.2, 0.25) is 0 Å². The number of carbonyl (C=O) groups is 1. The fourth-order valence-corrected chi connectivity index (χ4v) is 1.21. The van der Waals surface area contributed by atoms with E-state index in [4.69, 9.17) is 4.74 Å². The number of unbranched alkanes of at least 4 members (excludes halogenated alkanes) is 2. The zero-order valence-electron chi connectivity index (χ0n) is 8.98. The molecule has 0 aliphatic carbocycles. The molecule has 1 amide bonds. The third-order valence-electron chi connectivity index (χ3n) is 2.04. The Labute approximate surface area is 89.4 Å². The average molecular weight is 211 g/mol. The van der Waals surface area contributed by atoms with Gasteiger partial charge in [-0.15, -0.1) is 0 Å². The second-order valence-corrected chi connectivity index (χ2v) is 3.26. The summed E-state index contributed by atoms with van der Waals surface area (Å²) >= 11 is 0. The highest BCUT2D eigenvalue weighted by molar-refractivity contribution is 5.76. The monoisotopic (exact) mass is 211 g/mol. The molecule has 0 fully saturated rings. The molecule has 1 N–H and O–H groups in total. The molecule has 15 heavy (non-hydrogen) atoms. The summed E-state index contributed by atoms with van der Waals surface area (Å²) in [7, 11) is 1.70. The van der Waals surface area contributed by atoms with Gasteiger partial charge in [-0.3, -0.25) is 4.57 Å². The first kappa shape index (κ1) is 11.7. The van der Waals surface area contributed by atoms with Crippen LogP contribution in [0.25, 0.3) is 0 Å². The molecule has 0 radical (unpaired) electrons. The van der Waals surface area contributed by atoms with Crippen molar-refractivity contribution in [2.45, 2.75) is 19.3 Å². The Balaban J connectivity index is 2.03. The molecule has 0 saturated carbocycles. The van der Waals surface area contributed by atoms with Crippen LogP contribution in [0.5, 0.6) is 0 Å². The first-order valence-corrected chi connectivity index (χ1v) is 5.09. The molecule has 0 aromatic carbocycles. The fourth-order valence-electron chi connectivity index (χ4n) is 1.21. The van der Waals surface area contributed by atoms with Gasteiger partial charge in [-0.05, 0) is 19.3 Å². The van der Waals surface area contributed by atoms with Gasteiger partial charge in [0.1, 0.15) is 6.33 Å². The number of carbonyl (C=O) groups excluding carboxylic acids is 1. The van der Waals surface area contributed by atoms with E-state index in [9.17, 15) is 4.79 Å². The number of ether oxygens (including phenoxy) is 1. The minimum absolute atomic E-state index is 0.126. The molecule has 0 bridgehead atoms. The second-order valence-electron chi connectivity index (χ2n) is 3.26. The summed E-state index contributed by atoms with van der Waals surface area (Å²) in [6.07, 6.45) is 7.78. The lowest BCUT2D eigenvalue weighted by Crippen LogP contribution is -2.28. The van der Waals surface area contributed by atoms with Crippen LogP contribution in [-0.4, -0.2) is 35.8 Å². The van der Waals surface area contributed by atoms with Gasteiger partial charge in [-0.2, -0.15) is 0 Å². The van der Waals surface area contributed by atoms with Crippen LogP contribution >= 0.6 is 0 Å². The molecular weight excluding hydrogens is 194 g/mol. The van der Waals surface area contributed by atoms with Crippen molar-refractivity contribution in [3.05, 3.63) is 18.7 Å². The molecule has 0 saturated heterocycles. The van der Waals surface area contributed by atoms with Crippen molar-refractivity contribution < 1.29 is 9.53 Å². The molecule has 5 heteroatoms. The number of rotatable bonds is 6. The van der Waals surface area contributed by atoms with Crippen LogP contribution in [0, 0.1) is 0 Å². The van der Waals surface area contributed by atoms with E-state index in [0.717, 1.165) is 25.9 Å². The van der Waals surface area contributed by atoms with E-state index in [0.29, 0.717) is 6.54 Å². The van der Waals surface area contributed by atoms with Crippen LogP contribution in [0.2, 0.25) is 0 Å². The Kier molecular flexibility index (Phi) is 5.47. The number of imidazole rings is 1. The highest BCUT2D eigenvalue weighted by atomic mass is 16.5. The van der Waals surface area contributed by atoms with Crippen molar-refractivity contribution in [1.29, 1.82) is 0 Å². The standard InChI is InChI=1S/C10H17N3O2/c1-15-8-4-2-3-5-12-10(14)13-7-6-11-9-13/h6-7,9H,2-5,8H2,1H3,(H,12,14). The van der Waals surface area contributed by atoms with E-state index in [1.807, 2.05) is 0 Å². The van der Waals surface area contributed by atoms with E-state index < -0.39 is 0 Å². The summed E-state index contributed by atoms with van der Waals surface area (Å²) in [6, 6.07) is -0.126. The number of nitrogens with zero attached hydrogens (tertiary/aromatic N) is 2. The normalized spacial score (nSPS) is 10.2. The van der Waals surface area contributed by atoms with Gasteiger partial charge in [0.05, 0.1) is 0 Å². The predicted octanol–water partition coefficient (Wildman–Crippen LogP) is 1.26. The summed E-state index contributed by atoms with van der Waals surface area (Å²) < 4.78 is 6.35. The largest absolute Gasteiger partial charge is 0.385 e. The van der Waals surface area contributed by atoms with Gasteiger partial charge in [-0.1, -0.05) is 0 Å². The topological polar surface area (TPSA) is 56.1 Å². The Hall–Kier alpha value is -1.36. The molecule has 1 aromatic rings. The van der Waals surface area contributed by atoms with Gasteiger partial charge < -0.3 is 10.1 Å². The van der Waals surface area contributed by atoms with Crippen LogP contribution in [0.3, 0.4) is 0 Å². The van der Waals surface area contributed by atoms with Crippen molar-refractivity contribution >= 4 is 6.03 Å². The molecule has 0 aliphatic rings. The van der Waals surface area contributed by atoms with Crippen LogP contribution in [-0.2, 0) is 4.74 Å². The van der Waals surface area contributed by atoms with E-state index >= 15 is 0 Å². The maximum Gasteiger partial charge on any atom is 0.326 e. The lowest BCUT2D eigenvalue weighted by atomic mass is 10.2. The zero-order chi connectivity index (χ0) is 10.9. The zero-order valence-corrected chi connectivity index (χ0v) is 8.98. The minimum Gasteiger partial charge on any atom is -0.385 e. The SMILES string of the molecule is COCCCCCNC(=O)n1ccnc1. The quantitative estimate of drug-likeness (QED) is 0.721. The Morgan fingerprint density at radius 1 is 1.47 bits per heavy atom. The van der Waals surface area contributed by atoms with Crippen molar-refractivity contribution in [3.63, 3.8) is 0 Å². The highest BCUT2D eigenvalue weighted by Gasteiger charge is 2.00. The van der Waals surface area contributed by atoms with Crippen molar-refractivity contribution in [1.82, 2.24) is 14.9 Å². The number of nitrogens with one attached hydrogen (secondary N) is 1. The molecule has 84 valence electrons. The van der Waals surface area contributed by atoms with Gasteiger partial charge >= 0.3 is 6.03 Å². The van der Waals surface area contributed by atoms with Crippen LogP contribution in [0.1, 0.15) is 19.3 Å². The lowest BCUT2D eigenvalue weighted by Gasteiger charge is -2.04. The molecular formula is C10H17N3O2. The molecule has 1 rings (SSSR count). The summed E-state index contributed by atoms with van der Waals surface area (Å²) in [5.41, 5.74) is 0. The maximum absolute atomic E-state index is 11.4. The second kappa shape index (κ2) is 7.00. The fraction of sp³-hybridized carbons (Fsp3) is 0.600. The predicted molar refractivity (Wildman–Crippen MR) is 56.8 cm³/mol. The third kappa shape index (κ3) is 4.60. The van der Waals surface area contributed by atoms with Crippen molar-refractivity contribution in [2.75, 3.05) is 20.3 Å². The summed E-state index contributed by atoms with van der Waals surface area (Å²) in [5, 5.41) is 2.81. The van der Waals surface area contributed by atoms with Crippen LogP contribution in [0.4, 0.5) is 4.79 Å². The van der Waals surface area contributed by atoms with E-state index in [1.54, 1.807) is 19.5 Å². The number of hydrogen-bond donors (Lipinski definition) is 1. The Morgan fingerprint density at radius 3 is 3.00 bits per heavy atom. The Morgan fingerprint density at radius 2 is 2.33 bits per heavy atom. The number of aromatic nitrogens is 2. The van der Waals surface area contributed by atoms with E-state index in [2.05, 4.69) is 10.3 Å². The van der Waals surface area contributed by atoms with Gasteiger partial charge in [0.25, 0.3) is 0 Å². The third-order valence-corrected chi connectivity index (χ3v) is 2.04. The summed E-state index contributed by atoms with van der Waals surface area (Å²) in [4.78, 5) is 15.2. The maximum atomic E-state index is 11.4. The minimum atomic E-state index is -0.126. The molecule has 5 nitrogen and oxygen atoms in total. The van der Waals surface area contributed by atoms with Crippen molar-refractivity contribution in [3.8, 4) is 0 Å². The van der Waals surface area contributed by atoms with Gasteiger partial charge in [0.15, 0.2) is 0 Å². The average Bonchev–Trinajstić information content (AvgIpc) is 2.76. The molecule has 1 heterocycles. The smallest absolute Gasteiger partial charge is 0.326 e. The van der Waals surface area contributed by atoms with Crippen LogP contribution < -0.4 is 5.32 Å². The molecule has 0 unspecified atom stereocenters. The number of amides is 1. The summed E-state index contributed by atoms with van der Waals surface area (Å²) in [5.74, 6) is 0. The van der Waals surface area contributed by atoms with Crippen molar-refractivity contribution in [2.24, 2.45) is 0 Å². The van der Waals surface area contributed by atoms with E-state index in [1.165, 1.54) is 10.9 Å². The number of hydrogen-bond acceptors (Lipinski definition) is 3. The molecule has 1 aromatic heterocycles. The molecule has 0 atom stereocenters. The lowest BCUT2D eigenvalue weighted by molar-refractivity contribution is 0.192. The van der Waals surface area contributed by atoms with E-state index in [-0.39, 0.29) is 6.03 Å². The Bertz CT molecular complexity index is 272. The number of methoxy groups -OCH3 is 1. The molecule has 0 spiro atoms. The van der Waals surface area contributed by atoms with Crippen LogP contribution in [0.15, 0.2) is 18.7 Å². The summed E-state index contributed by atoms with van der Waals surface area (Å²) in [6.45, 7) is 1.48. The first-order chi connectivity index (χ1) is 7.34. The van der Waals surface area contributed by atoms with Gasteiger partial charge in [-0.25, -0.2) is 9.78 Å². The first-order valence-electron chi connectivity index (χ1n) is 5.09. The van der Waals surface area contributed by atoms with Gasteiger partial charge in [0, 0.05) is 32.7 Å².